The third-order valence-electron chi connectivity index (χ3n) is 5.62. The van der Waals surface area contributed by atoms with Crippen LogP contribution in [0.4, 0.5) is 11.5 Å². The van der Waals surface area contributed by atoms with Crippen LogP contribution in [0.1, 0.15) is 55.1 Å². The van der Waals surface area contributed by atoms with Gasteiger partial charge in [-0.3, -0.25) is 9.59 Å². The summed E-state index contributed by atoms with van der Waals surface area (Å²) < 4.78 is 0. The van der Waals surface area contributed by atoms with Gasteiger partial charge in [-0.15, -0.1) is 11.8 Å². The van der Waals surface area contributed by atoms with Crippen molar-refractivity contribution in [2.45, 2.75) is 55.8 Å². The molecule has 0 spiro atoms. The minimum absolute atomic E-state index is 0.0544. The van der Waals surface area contributed by atoms with E-state index >= 15 is 0 Å². The van der Waals surface area contributed by atoms with E-state index in [9.17, 15) is 9.59 Å². The van der Waals surface area contributed by atoms with E-state index in [2.05, 4.69) is 46.7 Å². The standard InChI is InChI=1S/C27H31N5O2S/c1-27(2,3)19-6-8-21(9-7-19)31-25(34)22-5-4-13-29-26(22)35-17-18-12-14-28-23(15-18)32-24(33)16-30-20-10-11-20/h4-9,12-15,20,30H,10-11,16-17H2,1-3H3,(H,31,34)(H,28,32,33). The van der Waals surface area contributed by atoms with Gasteiger partial charge >= 0.3 is 0 Å². The molecular formula is C27H31N5O2S. The SMILES string of the molecule is CC(C)(C)c1ccc(NC(=O)c2cccnc2SCc2ccnc(NC(=O)CNC3CC3)c2)cc1. The highest BCUT2D eigenvalue weighted by molar-refractivity contribution is 7.98. The second-order valence-electron chi connectivity index (χ2n) is 9.68. The van der Waals surface area contributed by atoms with Gasteiger partial charge in [0.05, 0.1) is 12.1 Å². The third-order valence-corrected chi connectivity index (χ3v) is 6.70. The van der Waals surface area contributed by atoms with Gasteiger partial charge in [0.25, 0.3) is 5.91 Å². The van der Waals surface area contributed by atoms with E-state index in [0.29, 0.717) is 28.2 Å². The second-order valence-corrected chi connectivity index (χ2v) is 10.6. The van der Waals surface area contributed by atoms with Gasteiger partial charge in [-0.2, -0.15) is 0 Å². The highest BCUT2D eigenvalue weighted by Crippen LogP contribution is 2.27. The molecule has 1 saturated carbocycles. The molecule has 0 radical (unpaired) electrons. The molecule has 0 bridgehead atoms. The molecule has 2 aromatic heterocycles. The van der Waals surface area contributed by atoms with E-state index in [0.717, 1.165) is 24.1 Å². The number of hydrogen-bond donors (Lipinski definition) is 3. The Balaban J connectivity index is 1.36. The van der Waals surface area contributed by atoms with Crippen LogP contribution in [0.25, 0.3) is 0 Å². The molecule has 2 amide bonds. The number of anilines is 2. The molecule has 182 valence electrons. The molecule has 0 saturated heterocycles. The molecule has 1 aliphatic carbocycles. The number of benzene rings is 1. The van der Waals surface area contributed by atoms with Gasteiger partial charge in [0, 0.05) is 29.9 Å². The van der Waals surface area contributed by atoms with Gasteiger partial charge in [-0.1, -0.05) is 32.9 Å². The zero-order chi connectivity index (χ0) is 24.8. The van der Waals surface area contributed by atoms with Crippen molar-refractivity contribution in [2.75, 3.05) is 17.2 Å². The summed E-state index contributed by atoms with van der Waals surface area (Å²) in [5.74, 6) is 0.801. The summed E-state index contributed by atoms with van der Waals surface area (Å²) in [4.78, 5) is 33.8. The topological polar surface area (TPSA) is 96.0 Å². The fraction of sp³-hybridized carbons (Fsp3) is 0.333. The first-order valence-corrected chi connectivity index (χ1v) is 12.7. The Bertz CT molecular complexity index is 1190. The highest BCUT2D eigenvalue weighted by atomic mass is 32.2. The van der Waals surface area contributed by atoms with Gasteiger partial charge in [-0.25, -0.2) is 9.97 Å². The van der Waals surface area contributed by atoms with E-state index in [1.807, 2.05) is 36.4 Å². The molecule has 0 aliphatic heterocycles. The molecule has 0 atom stereocenters. The van der Waals surface area contributed by atoms with Crippen LogP contribution in [0.15, 0.2) is 66.0 Å². The van der Waals surface area contributed by atoms with E-state index in [4.69, 9.17) is 0 Å². The maximum absolute atomic E-state index is 13.0. The Kier molecular flexibility index (Phi) is 7.83. The van der Waals surface area contributed by atoms with Crippen molar-refractivity contribution in [1.82, 2.24) is 15.3 Å². The zero-order valence-corrected chi connectivity index (χ0v) is 21.1. The van der Waals surface area contributed by atoms with Crippen molar-refractivity contribution >= 4 is 35.1 Å². The number of aromatic nitrogens is 2. The minimum Gasteiger partial charge on any atom is -0.322 e. The second kappa shape index (κ2) is 11.0. The number of pyridine rings is 2. The van der Waals surface area contributed by atoms with Crippen molar-refractivity contribution < 1.29 is 9.59 Å². The first kappa shape index (κ1) is 24.9. The normalized spacial score (nSPS) is 13.3. The van der Waals surface area contributed by atoms with Gasteiger partial charge in [0.15, 0.2) is 0 Å². The van der Waals surface area contributed by atoms with E-state index in [-0.39, 0.29) is 23.8 Å². The third kappa shape index (κ3) is 7.37. The van der Waals surface area contributed by atoms with Gasteiger partial charge in [0.2, 0.25) is 5.91 Å². The number of amides is 2. The first-order valence-electron chi connectivity index (χ1n) is 11.8. The van der Waals surface area contributed by atoms with Crippen LogP contribution in [0.3, 0.4) is 0 Å². The summed E-state index contributed by atoms with van der Waals surface area (Å²) in [5.41, 5.74) is 3.50. The van der Waals surface area contributed by atoms with Crippen LogP contribution >= 0.6 is 11.8 Å². The molecule has 8 heteroatoms. The lowest BCUT2D eigenvalue weighted by atomic mass is 9.87. The monoisotopic (exact) mass is 489 g/mol. The predicted octanol–water partition coefficient (Wildman–Crippen LogP) is 5.01. The van der Waals surface area contributed by atoms with E-state index < -0.39 is 0 Å². The Labute approximate surface area is 210 Å². The van der Waals surface area contributed by atoms with Crippen molar-refractivity contribution in [1.29, 1.82) is 0 Å². The lowest BCUT2D eigenvalue weighted by Gasteiger charge is -2.19. The summed E-state index contributed by atoms with van der Waals surface area (Å²) in [5, 5.41) is 9.64. The molecule has 7 nitrogen and oxygen atoms in total. The van der Waals surface area contributed by atoms with Crippen LogP contribution in [-0.2, 0) is 16.0 Å². The summed E-state index contributed by atoms with van der Waals surface area (Å²) in [7, 11) is 0. The predicted molar refractivity (Wildman–Crippen MR) is 141 cm³/mol. The summed E-state index contributed by atoms with van der Waals surface area (Å²) >= 11 is 1.47. The molecule has 1 fully saturated rings. The number of hydrogen-bond acceptors (Lipinski definition) is 6. The minimum atomic E-state index is -0.199. The van der Waals surface area contributed by atoms with Crippen LogP contribution < -0.4 is 16.0 Å². The number of carbonyl (C=O) groups is 2. The lowest BCUT2D eigenvalue weighted by Crippen LogP contribution is -2.29. The smallest absolute Gasteiger partial charge is 0.258 e. The summed E-state index contributed by atoms with van der Waals surface area (Å²) in [6.45, 7) is 6.76. The van der Waals surface area contributed by atoms with Crippen LogP contribution in [0, 0.1) is 0 Å². The number of nitrogens with zero attached hydrogens (tertiary/aromatic N) is 2. The molecule has 1 aliphatic rings. The Morgan fingerprint density at radius 1 is 1.00 bits per heavy atom. The van der Waals surface area contributed by atoms with Gasteiger partial charge < -0.3 is 16.0 Å². The molecule has 3 N–H and O–H groups in total. The maximum Gasteiger partial charge on any atom is 0.258 e. The van der Waals surface area contributed by atoms with E-state index in [1.165, 1.54) is 17.3 Å². The van der Waals surface area contributed by atoms with Gasteiger partial charge in [0.1, 0.15) is 10.8 Å². The molecule has 4 rings (SSSR count). The average Bonchev–Trinajstić information content (AvgIpc) is 3.66. The fourth-order valence-corrected chi connectivity index (χ4v) is 4.36. The quantitative estimate of drug-likeness (QED) is 0.366. The van der Waals surface area contributed by atoms with Crippen molar-refractivity contribution in [3.63, 3.8) is 0 Å². The average molecular weight is 490 g/mol. The fourth-order valence-electron chi connectivity index (χ4n) is 3.43. The molecule has 0 unspecified atom stereocenters. The van der Waals surface area contributed by atoms with Crippen LogP contribution in [0.5, 0.6) is 0 Å². The molecule has 3 aromatic rings. The molecule has 35 heavy (non-hydrogen) atoms. The summed E-state index contributed by atoms with van der Waals surface area (Å²) in [6.07, 6.45) is 5.62. The Morgan fingerprint density at radius 3 is 2.49 bits per heavy atom. The Hall–Kier alpha value is -3.23. The highest BCUT2D eigenvalue weighted by Gasteiger charge is 2.21. The molecule has 2 heterocycles. The zero-order valence-electron chi connectivity index (χ0n) is 20.3. The number of carbonyl (C=O) groups excluding carboxylic acids is 2. The van der Waals surface area contributed by atoms with E-state index in [1.54, 1.807) is 24.5 Å². The largest absolute Gasteiger partial charge is 0.322 e. The molecular weight excluding hydrogens is 458 g/mol. The van der Waals surface area contributed by atoms with Crippen molar-refractivity contribution in [2.24, 2.45) is 0 Å². The Morgan fingerprint density at radius 2 is 1.77 bits per heavy atom. The number of thioether (sulfide) groups is 1. The summed E-state index contributed by atoms with van der Waals surface area (Å²) in [6, 6.07) is 15.7. The van der Waals surface area contributed by atoms with Crippen molar-refractivity contribution in [3.8, 4) is 0 Å². The number of rotatable bonds is 9. The maximum atomic E-state index is 13.0. The van der Waals surface area contributed by atoms with Crippen LogP contribution in [0.2, 0.25) is 0 Å². The first-order chi connectivity index (χ1) is 16.8. The number of nitrogens with one attached hydrogen (secondary N) is 3. The van der Waals surface area contributed by atoms with Crippen LogP contribution in [-0.4, -0.2) is 34.4 Å². The van der Waals surface area contributed by atoms with Crippen molar-refractivity contribution in [3.05, 3.63) is 77.6 Å². The lowest BCUT2D eigenvalue weighted by molar-refractivity contribution is -0.115. The van der Waals surface area contributed by atoms with Gasteiger partial charge in [-0.05, 0) is 65.8 Å². The molecule has 1 aromatic carbocycles.